The van der Waals surface area contributed by atoms with Gasteiger partial charge in [-0.1, -0.05) is 22.9 Å². The molecule has 0 radical (unpaired) electrons. The Bertz CT molecular complexity index is 1010. The summed E-state index contributed by atoms with van der Waals surface area (Å²) < 4.78 is 7.54. The van der Waals surface area contributed by atoms with E-state index in [1.807, 2.05) is 42.7 Å². The van der Waals surface area contributed by atoms with Gasteiger partial charge in [0, 0.05) is 47.0 Å². The van der Waals surface area contributed by atoms with Gasteiger partial charge in [0.25, 0.3) is 0 Å². The lowest BCUT2D eigenvalue weighted by Crippen LogP contribution is -2.16. The maximum absolute atomic E-state index is 5.89. The molecule has 0 N–H and O–H groups in total. The molecule has 0 amide bonds. The third-order valence-corrected chi connectivity index (χ3v) is 5.97. The lowest BCUT2D eigenvalue weighted by atomic mass is 10.3. The Balaban J connectivity index is 1.29. The van der Waals surface area contributed by atoms with Crippen molar-refractivity contribution in [2.75, 3.05) is 7.05 Å². The fraction of sp³-hybridized carbons (Fsp3) is 0.211. The summed E-state index contributed by atoms with van der Waals surface area (Å²) in [5, 5.41) is 8.83. The molecule has 28 heavy (non-hydrogen) atoms. The first-order valence-corrected chi connectivity index (χ1v) is 10.7. The molecule has 1 aromatic carbocycles. The molecule has 0 spiro atoms. The predicted octanol–water partition coefficient (Wildman–Crippen LogP) is 4.65. The molecule has 9 heteroatoms. The van der Waals surface area contributed by atoms with Crippen molar-refractivity contribution in [3.05, 3.63) is 74.9 Å². The number of halogens is 1. The van der Waals surface area contributed by atoms with Gasteiger partial charge < -0.3 is 4.74 Å². The number of thiazole rings is 2. The fourth-order valence-corrected chi connectivity index (χ4v) is 4.37. The third kappa shape index (κ3) is 4.96. The van der Waals surface area contributed by atoms with Crippen LogP contribution in [0.15, 0.2) is 54.3 Å². The summed E-state index contributed by atoms with van der Waals surface area (Å²) in [6, 6.07) is 9.24. The highest BCUT2D eigenvalue weighted by atomic mass is 35.5. The van der Waals surface area contributed by atoms with Gasteiger partial charge in [0.2, 0.25) is 5.13 Å². The molecular weight excluding hydrogens is 414 g/mol. The van der Waals surface area contributed by atoms with Crippen molar-refractivity contribution in [2.24, 2.45) is 0 Å². The van der Waals surface area contributed by atoms with Crippen LogP contribution in [0.1, 0.15) is 15.6 Å². The molecule has 0 bridgehead atoms. The summed E-state index contributed by atoms with van der Waals surface area (Å²) in [4.78, 5) is 12.5. The minimum absolute atomic E-state index is 0.456. The standard InChI is InChI=1S/C19H18ClN5OS2/c1-24(11-17-9-21-19(28-17)25-8-2-7-22-25)10-15-13-27-18(23-15)12-26-16-5-3-14(20)4-6-16/h2-9,13H,10-12H2,1H3. The fourth-order valence-electron chi connectivity index (χ4n) is 2.62. The topological polar surface area (TPSA) is 56.1 Å². The van der Waals surface area contributed by atoms with Gasteiger partial charge in [-0.3, -0.25) is 4.90 Å². The molecule has 0 saturated heterocycles. The Morgan fingerprint density at radius 2 is 2.07 bits per heavy atom. The van der Waals surface area contributed by atoms with Gasteiger partial charge in [-0.05, 0) is 37.4 Å². The van der Waals surface area contributed by atoms with Gasteiger partial charge in [-0.25, -0.2) is 14.6 Å². The van der Waals surface area contributed by atoms with Crippen molar-refractivity contribution in [3.8, 4) is 10.9 Å². The van der Waals surface area contributed by atoms with Crippen molar-refractivity contribution in [1.82, 2.24) is 24.6 Å². The van der Waals surface area contributed by atoms with Crippen molar-refractivity contribution in [1.29, 1.82) is 0 Å². The Labute approximate surface area is 176 Å². The summed E-state index contributed by atoms with van der Waals surface area (Å²) in [6.45, 7) is 2.04. The summed E-state index contributed by atoms with van der Waals surface area (Å²) in [6.07, 6.45) is 5.56. The molecule has 0 unspecified atom stereocenters. The van der Waals surface area contributed by atoms with E-state index in [0.717, 1.165) is 34.7 Å². The predicted molar refractivity (Wildman–Crippen MR) is 112 cm³/mol. The normalized spacial score (nSPS) is 11.2. The van der Waals surface area contributed by atoms with Gasteiger partial charge in [-0.2, -0.15) is 5.10 Å². The maximum Gasteiger partial charge on any atom is 0.210 e. The monoisotopic (exact) mass is 431 g/mol. The summed E-state index contributed by atoms with van der Waals surface area (Å²) in [5.41, 5.74) is 1.04. The van der Waals surface area contributed by atoms with E-state index in [1.54, 1.807) is 33.6 Å². The highest BCUT2D eigenvalue weighted by molar-refractivity contribution is 7.14. The molecule has 0 aliphatic heterocycles. The number of aromatic nitrogens is 4. The highest BCUT2D eigenvalue weighted by Crippen LogP contribution is 2.20. The average molecular weight is 432 g/mol. The van der Waals surface area contributed by atoms with E-state index < -0.39 is 0 Å². The lowest BCUT2D eigenvalue weighted by Gasteiger charge is -2.13. The zero-order chi connectivity index (χ0) is 19.3. The minimum Gasteiger partial charge on any atom is -0.486 e. The summed E-state index contributed by atoms with van der Waals surface area (Å²) >= 11 is 9.14. The molecule has 144 valence electrons. The first-order valence-electron chi connectivity index (χ1n) is 8.60. The van der Waals surface area contributed by atoms with Gasteiger partial charge in [0.1, 0.15) is 17.4 Å². The number of benzene rings is 1. The van der Waals surface area contributed by atoms with Crippen LogP contribution >= 0.6 is 34.3 Å². The highest BCUT2D eigenvalue weighted by Gasteiger charge is 2.10. The van der Waals surface area contributed by atoms with E-state index >= 15 is 0 Å². The van der Waals surface area contributed by atoms with Crippen LogP contribution < -0.4 is 4.74 Å². The number of rotatable bonds is 8. The molecule has 0 atom stereocenters. The second-order valence-electron chi connectivity index (χ2n) is 6.21. The van der Waals surface area contributed by atoms with Crippen LogP contribution in [0.25, 0.3) is 5.13 Å². The molecule has 4 aromatic rings. The van der Waals surface area contributed by atoms with Crippen molar-refractivity contribution < 1.29 is 4.74 Å². The molecule has 0 fully saturated rings. The maximum atomic E-state index is 5.89. The smallest absolute Gasteiger partial charge is 0.210 e. The first kappa shape index (κ1) is 19.1. The third-order valence-electron chi connectivity index (χ3n) is 3.87. The zero-order valence-corrected chi connectivity index (χ0v) is 17.5. The van der Waals surface area contributed by atoms with Crippen molar-refractivity contribution >= 4 is 34.3 Å². The molecular formula is C19H18ClN5OS2. The molecule has 0 aliphatic rings. The Morgan fingerprint density at radius 3 is 2.86 bits per heavy atom. The quantitative estimate of drug-likeness (QED) is 0.406. The van der Waals surface area contributed by atoms with Gasteiger partial charge in [0.05, 0.1) is 5.69 Å². The second-order valence-corrected chi connectivity index (χ2v) is 8.68. The van der Waals surface area contributed by atoms with Gasteiger partial charge in [0.15, 0.2) is 0 Å². The van der Waals surface area contributed by atoms with Crippen LogP contribution in [0, 0.1) is 0 Å². The van der Waals surface area contributed by atoms with Crippen molar-refractivity contribution in [3.63, 3.8) is 0 Å². The summed E-state index contributed by atoms with van der Waals surface area (Å²) in [7, 11) is 2.08. The van der Waals surface area contributed by atoms with Crippen LogP contribution in [-0.4, -0.2) is 31.7 Å². The molecule has 4 rings (SSSR count). The van der Waals surface area contributed by atoms with Gasteiger partial charge in [-0.15, -0.1) is 11.3 Å². The Morgan fingerprint density at radius 1 is 1.21 bits per heavy atom. The van der Waals surface area contributed by atoms with Crippen LogP contribution in [-0.2, 0) is 19.7 Å². The van der Waals surface area contributed by atoms with E-state index in [1.165, 1.54) is 4.88 Å². The first-order chi connectivity index (χ1) is 13.7. The molecule has 3 heterocycles. The zero-order valence-electron chi connectivity index (χ0n) is 15.2. The second kappa shape index (κ2) is 8.83. The molecule has 3 aromatic heterocycles. The minimum atomic E-state index is 0.456. The van der Waals surface area contributed by atoms with Crippen LogP contribution in [0.5, 0.6) is 5.75 Å². The van der Waals surface area contributed by atoms with Crippen LogP contribution in [0.2, 0.25) is 5.02 Å². The van der Waals surface area contributed by atoms with E-state index in [0.29, 0.717) is 11.6 Å². The lowest BCUT2D eigenvalue weighted by molar-refractivity contribution is 0.301. The van der Waals surface area contributed by atoms with Gasteiger partial charge >= 0.3 is 0 Å². The summed E-state index contributed by atoms with van der Waals surface area (Å²) in [5.74, 6) is 0.788. The Hall–Kier alpha value is -2.26. The SMILES string of the molecule is CN(Cc1csc(COc2ccc(Cl)cc2)n1)Cc1cnc(-n2cccn2)s1. The number of hydrogen-bond donors (Lipinski definition) is 0. The number of nitrogens with zero attached hydrogens (tertiary/aromatic N) is 5. The largest absolute Gasteiger partial charge is 0.486 e. The van der Waals surface area contributed by atoms with E-state index in [4.69, 9.17) is 16.3 Å². The molecule has 0 saturated carbocycles. The van der Waals surface area contributed by atoms with Crippen LogP contribution in [0.4, 0.5) is 0 Å². The number of hydrogen-bond acceptors (Lipinski definition) is 7. The average Bonchev–Trinajstić information content (AvgIpc) is 3.43. The van der Waals surface area contributed by atoms with E-state index in [9.17, 15) is 0 Å². The molecule has 0 aliphatic carbocycles. The van der Waals surface area contributed by atoms with E-state index in [2.05, 4.69) is 32.4 Å². The molecule has 6 nitrogen and oxygen atoms in total. The van der Waals surface area contributed by atoms with Crippen molar-refractivity contribution in [2.45, 2.75) is 19.7 Å². The Kier molecular flexibility index (Phi) is 6.01. The number of ether oxygens (including phenoxy) is 1. The van der Waals surface area contributed by atoms with E-state index in [-0.39, 0.29) is 0 Å². The van der Waals surface area contributed by atoms with Crippen LogP contribution in [0.3, 0.4) is 0 Å².